The van der Waals surface area contributed by atoms with Crippen molar-refractivity contribution in [2.45, 2.75) is 6.18 Å². The second-order valence-electron chi connectivity index (χ2n) is 5.47. The minimum atomic E-state index is -4.46. The van der Waals surface area contributed by atoms with Crippen LogP contribution in [0.4, 0.5) is 18.0 Å². The number of amides is 3. The summed E-state index contributed by atoms with van der Waals surface area (Å²) in [6.45, 7) is 3.54. The summed E-state index contributed by atoms with van der Waals surface area (Å²) in [6, 6.07) is 7.13. The number of nitrogens with zero attached hydrogens (tertiary/aromatic N) is 1. The average molecular weight is 362 g/mol. The maximum atomic E-state index is 12.8. The number of urea groups is 1. The second kappa shape index (κ2) is 6.55. The Kier molecular flexibility index (Phi) is 4.41. The molecule has 134 valence electrons. The van der Waals surface area contributed by atoms with Crippen molar-refractivity contribution in [1.29, 1.82) is 0 Å². The van der Waals surface area contributed by atoms with Crippen molar-refractivity contribution in [2.24, 2.45) is 0 Å². The van der Waals surface area contributed by atoms with Gasteiger partial charge >= 0.3 is 12.2 Å². The molecular formula is C18H13F3N2O3. The number of carbonyl (C=O) groups is 2. The van der Waals surface area contributed by atoms with Crippen LogP contribution in [0.15, 0.2) is 59.2 Å². The van der Waals surface area contributed by atoms with E-state index >= 15 is 0 Å². The van der Waals surface area contributed by atoms with Gasteiger partial charge in [-0.1, -0.05) is 18.2 Å². The average Bonchev–Trinajstić information content (AvgIpc) is 3.15. The number of alkyl halides is 3. The molecule has 1 N–H and O–H groups in total. The predicted molar refractivity (Wildman–Crippen MR) is 87.6 cm³/mol. The zero-order valence-electron chi connectivity index (χ0n) is 13.3. The van der Waals surface area contributed by atoms with Crippen molar-refractivity contribution in [3.05, 3.63) is 66.1 Å². The van der Waals surface area contributed by atoms with Crippen molar-refractivity contribution in [3.8, 4) is 11.3 Å². The van der Waals surface area contributed by atoms with E-state index in [2.05, 4.69) is 11.9 Å². The fraction of sp³-hybridized carbons (Fsp3) is 0.111. The summed E-state index contributed by atoms with van der Waals surface area (Å²) in [5.41, 5.74) is -0.522. The van der Waals surface area contributed by atoms with Crippen LogP contribution in [-0.4, -0.2) is 23.4 Å². The third-order valence-electron chi connectivity index (χ3n) is 3.66. The molecule has 0 atom stereocenters. The van der Waals surface area contributed by atoms with Gasteiger partial charge in [0.15, 0.2) is 0 Å². The van der Waals surface area contributed by atoms with Gasteiger partial charge in [0.05, 0.1) is 5.56 Å². The van der Waals surface area contributed by atoms with E-state index < -0.39 is 23.7 Å². The maximum absolute atomic E-state index is 12.8. The summed E-state index contributed by atoms with van der Waals surface area (Å²) in [5, 5.41) is 2.41. The van der Waals surface area contributed by atoms with Gasteiger partial charge in [0, 0.05) is 18.2 Å². The first-order chi connectivity index (χ1) is 12.3. The number of hydrogen-bond acceptors (Lipinski definition) is 3. The topological polar surface area (TPSA) is 62.6 Å². The summed E-state index contributed by atoms with van der Waals surface area (Å²) in [4.78, 5) is 24.8. The Balaban J connectivity index is 1.86. The molecule has 2 heterocycles. The van der Waals surface area contributed by atoms with Crippen molar-refractivity contribution < 1.29 is 27.2 Å². The molecule has 1 saturated heterocycles. The molecule has 0 radical (unpaired) electrons. The van der Waals surface area contributed by atoms with E-state index in [9.17, 15) is 22.8 Å². The van der Waals surface area contributed by atoms with E-state index in [0.717, 1.165) is 17.0 Å². The van der Waals surface area contributed by atoms with E-state index in [4.69, 9.17) is 4.42 Å². The number of furan rings is 1. The summed E-state index contributed by atoms with van der Waals surface area (Å²) in [7, 11) is 0. The first-order valence-electron chi connectivity index (χ1n) is 7.52. The smallest absolute Gasteiger partial charge is 0.416 e. The molecule has 26 heavy (non-hydrogen) atoms. The highest BCUT2D eigenvalue weighted by Gasteiger charge is 2.33. The Morgan fingerprint density at radius 2 is 1.96 bits per heavy atom. The molecule has 1 aromatic heterocycles. The Labute approximate surface area is 146 Å². The number of hydrogen-bond donors (Lipinski definition) is 1. The van der Waals surface area contributed by atoms with E-state index in [1.807, 2.05) is 0 Å². The number of imide groups is 1. The fourth-order valence-electron chi connectivity index (χ4n) is 2.44. The summed E-state index contributed by atoms with van der Waals surface area (Å²) in [5.74, 6) is -0.101. The van der Waals surface area contributed by atoms with Crippen molar-refractivity contribution in [2.75, 3.05) is 6.54 Å². The van der Waals surface area contributed by atoms with Crippen LogP contribution in [0.25, 0.3) is 17.4 Å². The molecule has 1 aliphatic rings. The van der Waals surface area contributed by atoms with Gasteiger partial charge in [0.25, 0.3) is 5.91 Å². The molecule has 3 amide bonds. The highest BCUT2D eigenvalue weighted by Crippen LogP contribution is 2.33. The fourth-order valence-corrected chi connectivity index (χ4v) is 2.44. The Morgan fingerprint density at radius 3 is 2.65 bits per heavy atom. The largest absolute Gasteiger partial charge is 0.457 e. The standard InChI is InChI=1S/C18H13F3N2O3/c1-2-8-23-16(24)14(22-17(23)25)10-13-6-7-15(26-13)11-4-3-5-12(9-11)18(19,20)21/h2-7,9-10H,1,8H2,(H,22,25)/b14-10-. The minimum absolute atomic E-state index is 0.0155. The van der Waals surface area contributed by atoms with Crippen LogP contribution < -0.4 is 5.32 Å². The van der Waals surface area contributed by atoms with Crippen molar-refractivity contribution >= 4 is 18.0 Å². The van der Waals surface area contributed by atoms with Gasteiger partial charge in [-0.25, -0.2) is 4.79 Å². The number of carbonyl (C=O) groups excluding carboxylic acids is 2. The lowest BCUT2D eigenvalue weighted by Gasteiger charge is -2.07. The number of nitrogens with one attached hydrogen (secondary N) is 1. The zero-order chi connectivity index (χ0) is 18.9. The van der Waals surface area contributed by atoms with E-state index in [0.29, 0.717) is 0 Å². The molecule has 3 rings (SSSR count). The van der Waals surface area contributed by atoms with Crippen LogP contribution >= 0.6 is 0 Å². The van der Waals surface area contributed by atoms with Crippen LogP contribution in [-0.2, 0) is 11.0 Å². The third kappa shape index (κ3) is 3.39. The van der Waals surface area contributed by atoms with Gasteiger partial charge in [-0.3, -0.25) is 9.69 Å². The Hall–Kier alpha value is -3.29. The van der Waals surface area contributed by atoms with Gasteiger partial charge in [-0.2, -0.15) is 13.2 Å². The van der Waals surface area contributed by atoms with Crippen LogP contribution in [0.3, 0.4) is 0 Å². The SMILES string of the molecule is C=CCN1C(=O)N/C(=C\c2ccc(-c3cccc(C(F)(F)F)c3)o2)C1=O. The van der Waals surface area contributed by atoms with Crippen LogP contribution in [0, 0.1) is 0 Å². The molecule has 8 heteroatoms. The van der Waals surface area contributed by atoms with Gasteiger partial charge in [-0.15, -0.1) is 6.58 Å². The van der Waals surface area contributed by atoms with E-state index in [1.165, 1.54) is 36.4 Å². The molecule has 5 nitrogen and oxygen atoms in total. The molecule has 1 aromatic carbocycles. The summed E-state index contributed by atoms with van der Waals surface area (Å²) in [6.07, 6.45) is -1.72. The maximum Gasteiger partial charge on any atom is 0.416 e. The number of halogens is 3. The second-order valence-corrected chi connectivity index (χ2v) is 5.47. The minimum Gasteiger partial charge on any atom is -0.457 e. The lowest BCUT2D eigenvalue weighted by Crippen LogP contribution is -2.30. The highest BCUT2D eigenvalue weighted by atomic mass is 19.4. The molecular weight excluding hydrogens is 349 g/mol. The third-order valence-corrected chi connectivity index (χ3v) is 3.66. The lowest BCUT2D eigenvalue weighted by atomic mass is 10.1. The predicted octanol–water partition coefficient (Wildman–Crippen LogP) is 4.04. The number of rotatable bonds is 4. The highest BCUT2D eigenvalue weighted by molar-refractivity contribution is 6.13. The monoisotopic (exact) mass is 362 g/mol. The zero-order valence-corrected chi connectivity index (χ0v) is 13.3. The van der Waals surface area contributed by atoms with E-state index in [1.54, 1.807) is 0 Å². The van der Waals surface area contributed by atoms with Gasteiger partial charge in [-0.05, 0) is 24.3 Å². The molecule has 0 unspecified atom stereocenters. The van der Waals surface area contributed by atoms with Gasteiger partial charge in [0.1, 0.15) is 17.2 Å². The summed E-state index contributed by atoms with van der Waals surface area (Å²) < 4.78 is 43.9. The van der Waals surface area contributed by atoms with Gasteiger partial charge < -0.3 is 9.73 Å². The molecule has 0 spiro atoms. The first kappa shape index (κ1) is 17.5. The Morgan fingerprint density at radius 1 is 1.19 bits per heavy atom. The Bertz CT molecular complexity index is 912. The molecule has 0 bridgehead atoms. The van der Waals surface area contributed by atoms with Crippen molar-refractivity contribution in [1.82, 2.24) is 10.2 Å². The normalized spacial score (nSPS) is 16.3. The first-order valence-corrected chi connectivity index (χ1v) is 7.52. The molecule has 1 fully saturated rings. The van der Waals surface area contributed by atoms with Crippen molar-refractivity contribution in [3.63, 3.8) is 0 Å². The molecule has 0 aliphatic carbocycles. The van der Waals surface area contributed by atoms with Crippen LogP contribution in [0.1, 0.15) is 11.3 Å². The molecule has 2 aromatic rings. The molecule has 0 saturated carbocycles. The molecule has 1 aliphatic heterocycles. The summed E-state index contributed by atoms with van der Waals surface area (Å²) >= 11 is 0. The van der Waals surface area contributed by atoms with Crippen LogP contribution in [0.2, 0.25) is 0 Å². The van der Waals surface area contributed by atoms with E-state index in [-0.39, 0.29) is 29.3 Å². The quantitative estimate of drug-likeness (QED) is 0.507. The van der Waals surface area contributed by atoms with Gasteiger partial charge in [0.2, 0.25) is 0 Å². The number of benzene rings is 1. The lowest BCUT2D eigenvalue weighted by molar-refractivity contribution is -0.137. The van der Waals surface area contributed by atoms with Crippen LogP contribution in [0.5, 0.6) is 0 Å².